The molecule has 0 fully saturated rings. The standard InChI is InChI=1S/C16H17BrN2O2/c1-10(14-5-3-4-6-15(14)17)19-16(20)11-7-12(18)9-13(8-11)21-2/h3-10H,18H2,1-2H3,(H,19,20). The highest BCUT2D eigenvalue weighted by Crippen LogP contribution is 2.24. The van der Waals surface area contributed by atoms with E-state index in [0.29, 0.717) is 17.0 Å². The first kappa shape index (κ1) is 15.4. The summed E-state index contributed by atoms with van der Waals surface area (Å²) in [5.41, 5.74) is 7.76. The van der Waals surface area contributed by atoms with Gasteiger partial charge in [-0.1, -0.05) is 34.1 Å². The van der Waals surface area contributed by atoms with Gasteiger partial charge in [-0.2, -0.15) is 0 Å². The summed E-state index contributed by atoms with van der Waals surface area (Å²) in [6.45, 7) is 1.93. The smallest absolute Gasteiger partial charge is 0.251 e. The number of hydrogen-bond donors (Lipinski definition) is 2. The van der Waals surface area contributed by atoms with E-state index in [4.69, 9.17) is 10.5 Å². The fourth-order valence-corrected chi connectivity index (χ4v) is 2.68. The molecule has 0 radical (unpaired) electrons. The molecule has 4 nitrogen and oxygen atoms in total. The molecule has 21 heavy (non-hydrogen) atoms. The maximum Gasteiger partial charge on any atom is 0.251 e. The van der Waals surface area contributed by atoms with Crippen molar-refractivity contribution in [1.82, 2.24) is 5.32 Å². The van der Waals surface area contributed by atoms with Crippen molar-refractivity contribution in [2.24, 2.45) is 0 Å². The van der Waals surface area contributed by atoms with Crippen LogP contribution in [0.2, 0.25) is 0 Å². The van der Waals surface area contributed by atoms with Crippen LogP contribution in [0, 0.1) is 0 Å². The molecule has 0 aliphatic carbocycles. The SMILES string of the molecule is COc1cc(N)cc(C(=O)NC(C)c2ccccc2Br)c1. The van der Waals surface area contributed by atoms with Gasteiger partial charge in [0.25, 0.3) is 5.91 Å². The first-order chi connectivity index (χ1) is 10.0. The van der Waals surface area contributed by atoms with Crippen LogP contribution in [0.4, 0.5) is 5.69 Å². The molecule has 2 aromatic rings. The maximum atomic E-state index is 12.3. The number of nitrogen functional groups attached to an aromatic ring is 1. The third kappa shape index (κ3) is 3.76. The Bertz CT molecular complexity index is 658. The second-order valence-corrected chi connectivity index (χ2v) is 5.57. The summed E-state index contributed by atoms with van der Waals surface area (Å²) in [7, 11) is 1.54. The van der Waals surface area contributed by atoms with Crippen molar-refractivity contribution in [2.75, 3.05) is 12.8 Å². The number of benzene rings is 2. The van der Waals surface area contributed by atoms with Gasteiger partial charge < -0.3 is 15.8 Å². The van der Waals surface area contributed by atoms with Gasteiger partial charge in [-0.3, -0.25) is 4.79 Å². The van der Waals surface area contributed by atoms with Crippen molar-refractivity contribution in [1.29, 1.82) is 0 Å². The molecule has 1 atom stereocenters. The molecular formula is C16H17BrN2O2. The zero-order chi connectivity index (χ0) is 15.4. The van der Waals surface area contributed by atoms with Crippen molar-refractivity contribution in [3.8, 4) is 5.75 Å². The van der Waals surface area contributed by atoms with Crippen LogP contribution in [0.15, 0.2) is 46.9 Å². The van der Waals surface area contributed by atoms with Gasteiger partial charge >= 0.3 is 0 Å². The monoisotopic (exact) mass is 348 g/mol. The van der Waals surface area contributed by atoms with E-state index in [2.05, 4.69) is 21.2 Å². The van der Waals surface area contributed by atoms with Gasteiger partial charge in [0.15, 0.2) is 0 Å². The number of halogens is 1. The first-order valence-electron chi connectivity index (χ1n) is 6.51. The highest BCUT2D eigenvalue weighted by atomic mass is 79.9. The number of ether oxygens (including phenoxy) is 1. The minimum absolute atomic E-state index is 0.125. The van der Waals surface area contributed by atoms with Crippen molar-refractivity contribution in [3.05, 3.63) is 58.1 Å². The molecule has 110 valence electrons. The summed E-state index contributed by atoms with van der Waals surface area (Å²) in [6, 6.07) is 12.6. The Morgan fingerprint density at radius 3 is 2.67 bits per heavy atom. The lowest BCUT2D eigenvalue weighted by Gasteiger charge is -2.16. The van der Waals surface area contributed by atoms with E-state index in [0.717, 1.165) is 10.0 Å². The molecule has 0 bridgehead atoms. The van der Waals surface area contributed by atoms with E-state index in [1.807, 2.05) is 31.2 Å². The number of hydrogen-bond acceptors (Lipinski definition) is 3. The summed E-state index contributed by atoms with van der Waals surface area (Å²) in [5.74, 6) is 0.373. The third-order valence-electron chi connectivity index (χ3n) is 3.15. The lowest BCUT2D eigenvalue weighted by molar-refractivity contribution is 0.0939. The minimum Gasteiger partial charge on any atom is -0.497 e. The molecule has 3 N–H and O–H groups in total. The number of carbonyl (C=O) groups excluding carboxylic acids is 1. The molecule has 0 aromatic heterocycles. The lowest BCUT2D eigenvalue weighted by Crippen LogP contribution is -2.27. The second-order valence-electron chi connectivity index (χ2n) is 4.71. The molecule has 0 aliphatic rings. The van der Waals surface area contributed by atoms with Crippen molar-refractivity contribution >= 4 is 27.5 Å². The molecule has 0 heterocycles. The topological polar surface area (TPSA) is 64.3 Å². The molecule has 0 saturated carbocycles. The Balaban J connectivity index is 2.18. The van der Waals surface area contributed by atoms with Gasteiger partial charge in [-0.25, -0.2) is 0 Å². The molecule has 2 rings (SSSR count). The molecular weight excluding hydrogens is 332 g/mol. The van der Waals surface area contributed by atoms with Crippen LogP contribution in [-0.2, 0) is 0 Å². The van der Waals surface area contributed by atoms with Crippen LogP contribution in [0.25, 0.3) is 0 Å². The van der Waals surface area contributed by atoms with E-state index >= 15 is 0 Å². The van der Waals surface area contributed by atoms with E-state index in [1.54, 1.807) is 25.3 Å². The average Bonchev–Trinajstić information content (AvgIpc) is 2.46. The summed E-state index contributed by atoms with van der Waals surface area (Å²) >= 11 is 3.49. The fraction of sp³-hybridized carbons (Fsp3) is 0.188. The second kappa shape index (κ2) is 6.63. The molecule has 0 saturated heterocycles. The van der Waals surface area contributed by atoms with Crippen LogP contribution in [0.1, 0.15) is 28.9 Å². The number of carbonyl (C=O) groups is 1. The summed E-state index contributed by atoms with van der Waals surface area (Å²) in [4.78, 5) is 12.3. The number of amides is 1. The van der Waals surface area contributed by atoms with Crippen LogP contribution in [0.3, 0.4) is 0 Å². The van der Waals surface area contributed by atoms with Gasteiger partial charge in [0.1, 0.15) is 5.75 Å². The Labute approximate surface area is 132 Å². The van der Waals surface area contributed by atoms with E-state index in [9.17, 15) is 4.79 Å². The fourth-order valence-electron chi connectivity index (χ4n) is 2.06. The van der Waals surface area contributed by atoms with Crippen molar-refractivity contribution in [2.45, 2.75) is 13.0 Å². The predicted octanol–water partition coefficient (Wildman–Crippen LogP) is 3.53. The van der Waals surface area contributed by atoms with E-state index in [1.165, 1.54) is 0 Å². The van der Waals surface area contributed by atoms with Crippen LogP contribution in [0.5, 0.6) is 5.75 Å². The average molecular weight is 349 g/mol. The van der Waals surface area contributed by atoms with Gasteiger partial charge in [0.05, 0.1) is 13.2 Å². The highest BCUT2D eigenvalue weighted by Gasteiger charge is 2.14. The number of methoxy groups -OCH3 is 1. The van der Waals surface area contributed by atoms with Gasteiger partial charge in [0, 0.05) is 21.8 Å². The van der Waals surface area contributed by atoms with Crippen LogP contribution < -0.4 is 15.8 Å². The molecule has 1 unspecified atom stereocenters. The predicted molar refractivity (Wildman–Crippen MR) is 87.4 cm³/mol. The summed E-state index contributed by atoms with van der Waals surface area (Å²) < 4.78 is 6.09. The Morgan fingerprint density at radius 1 is 1.29 bits per heavy atom. The van der Waals surface area contributed by atoms with Crippen LogP contribution >= 0.6 is 15.9 Å². The third-order valence-corrected chi connectivity index (χ3v) is 3.87. The van der Waals surface area contributed by atoms with E-state index in [-0.39, 0.29) is 11.9 Å². The maximum absolute atomic E-state index is 12.3. The number of anilines is 1. The van der Waals surface area contributed by atoms with E-state index < -0.39 is 0 Å². The number of nitrogens with one attached hydrogen (secondary N) is 1. The first-order valence-corrected chi connectivity index (χ1v) is 7.30. The lowest BCUT2D eigenvalue weighted by atomic mass is 10.1. The molecule has 5 heteroatoms. The highest BCUT2D eigenvalue weighted by molar-refractivity contribution is 9.10. The number of rotatable bonds is 4. The van der Waals surface area contributed by atoms with Crippen molar-refractivity contribution < 1.29 is 9.53 Å². The molecule has 0 spiro atoms. The van der Waals surface area contributed by atoms with Crippen LogP contribution in [-0.4, -0.2) is 13.0 Å². The largest absolute Gasteiger partial charge is 0.497 e. The summed E-state index contributed by atoms with van der Waals surface area (Å²) in [6.07, 6.45) is 0. The molecule has 0 aliphatic heterocycles. The molecule has 1 amide bonds. The number of nitrogens with two attached hydrogens (primary N) is 1. The Kier molecular flexibility index (Phi) is 4.85. The Morgan fingerprint density at radius 2 is 2.00 bits per heavy atom. The Hall–Kier alpha value is -2.01. The summed E-state index contributed by atoms with van der Waals surface area (Å²) in [5, 5.41) is 2.95. The quantitative estimate of drug-likeness (QED) is 0.830. The zero-order valence-electron chi connectivity index (χ0n) is 11.9. The van der Waals surface area contributed by atoms with Gasteiger partial charge in [-0.05, 0) is 30.7 Å². The normalized spacial score (nSPS) is 11.8. The van der Waals surface area contributed by atoms with Gasteiger partial charge in [-0.15, -0.1) is 0 Å². The van der Waals surface area contributed by atoms with Gasteiger partial charge in [0.2, 0.25) is 0 Å². The van der Waals surface area contributed by atoms with Crippen molar-refractivity contribution in [3.63, 3.8) is 0 Å². The minimum atomic E-state index is -0.191. The zero-order valence-corrected chi connectivity index (χ0v) is 13.5. The molecule has 2 aromatic carbocycles.